The quantitative estimate of drug-likeness (QED) is 0.489. The molecule has 1 aromatic carbocycles. The second kappa shape index (κ2) is 6.53. The van der Waals surface area contributed by atoms with Gasteiger partial charge in [-0.05, 0) is 43.3 Å². The number of carbonyl (C=O) groups is 1. The van der Waals surface area contributed by atoms with Crippen LogP contribution in [0.2, 0.25) is 0 Å². The molecular formula is C16H12FNO3. The number of ether oxygens (including phenoxy) is 1. The van der Waals surface area contributed by atoms with E-state index in [2.05, 4.69) is 0 Å². The monoisotopic (exact) mass is 285 g/mol. The number of nitrogens with zero attached hydrogens (tertiary/aromatic N) is 1. The van der Waals surface area contributed by atoms with Gasteiger partial charge >= 0.3 is 5.97 Å². The lowest BCUT2D eigenvalue weighted by molar-refractivity contribution is -0.137. The van der Waals surface area contributed by atoms with Gasteiger partial charge in [-0.1, -0.05) is 0 Å². The highest BCUT2D eigenvalue weighted by molar-refractivity contribution is 5.97. The molecule has 0 fully saturated rings. The first-order valence-corrected chi connectivity index (χ1v) is 6.28. The molecule has 1 heterocycles. The van der Waals surface area contributed by atoms with Gasteiger partial charge in [-0.25, -0.2) is 9.18 Å². The third-order valence-corrected chi connectivity index (χ3v) is 2.66. The fraction of sp³-hybridized carbons (Fsp3) is 0.125. The largest absolute Gasteiger partial charge is 0.462 e. The van der Waals surface area contributed by atoms with Crippen molar-refractivity contribution < 1.29 is 18.3 Å². The van der Waals surface area contributed by atoms with E-state index < -0.39 is 5.97 Å². The van der Waals surface area contributed by atoms with Gasteiger partial charge in [0, 0.05) is 11.6 Å². The average Bonchev–Trinajstić information content (AvgIpc) is 2.94. The molecule has 0 aliphatic rings. The van der Waals surface area contributed by atoms with Crippen LogP contribution in [0.4, 0.5) is 4.39 Å². The number of esters is 1. The number of halogens is 1. The lowest BCUT2D eigenvalue weighted by Crippen LogP contribution is -2.05. The lowest BCUT2D eigenvalue weighted by atomic mass is 10.2. The lowest BCUT2D eigenvalue weighted by Gasteiger charge is -1.98. The number of hydrogen-bond acceptors (Lipinski definition) is 4. The van der Waals surface area contributed by atoms with Crippen LogP contribution in [0, 0.1) is 17.1 Å². The molecule has 0 amide bonds. The molecule has 0 aliphatic carbocycles. The van der Waals surface area contributed by atoms with Crippen molar-refractivity contribution in [3.8, 4) is 17.4 Å². The fourth-order valence-corrected chi connectivity index (χ4v) is 1.69. The predicted octanol–water partition coefficient (Wildman–Crippen LogP) is 3.56. The Morgan fingerprint density at radius 1 is 1.33 bits per heavy atom. The Hall–Kier alpha value is -2.87. The molecule has 0 atom stereocenters. The molecule has 0 spiro atoms. The number of benzene rings is 1. The van der Waals surface area contributed by atoms with Gasteiger partial charge in [-0.2, -0.15) is 5.26 Å². The summed E-state index contributed by atoms with van der Waals surface area (Å²) in [6.07, 6.45) is 1.31. The molecule has 2 aromatic rings. The van der Waals surface area contributed by atoms with Crippen molar-refractivity contribution in [2.75, 3.05) is 6.61 Å². The Morgan fingerprint density at radius 3 is 2.67 bits per heavy atom. The van der Waals surface area contributed by atoms with Gasteiger partial charge in [0.05, 0.1) is 6.61 Å². The Bertz CT molecular complexity index is 708. The van der Waals surface area contributed by atoms with Gasteiger partial charge < -0.3 is 9.15 Å². The zero-order valence-corrected chi connectivity index (χ0v) is 11.3. The van der Waals surface area contributed by atoms with Crippen molar-refractivity contribution >= 4 is 12.0 Å². The average molecular weight is 285 g/mol. The third-order valence-electron chi connectivity index (χ3n) is 2.66. The molecule has 0 aliphatic heterocycles. The zero-order valence-electron chi connectivity index (χ0n) is 11.3. The molecule has 1 aromatic heterocycles. The Kier molecular flexibility index (Phi) is 4.52. The van der Waals surface area contributed by atoms with Crippen molar-refractivity contribution in [1.82, 2.24) is 0 Å². The van der Waals surface area contributed by atoms with E-state index >= 15 is 0 Å². The first-order chi connectivity index (χ1) is 10.1. The van der Waals surface area contributed by atoms with Crippen LogP contribution < -0.4 is 0 Å². The van der Waals surface area contributed by atoms with Crippen LogP contribution in [0.1, 0.15) is 12.7 Å². The van der Waals surface area contributed by atoms with Gasteiger partial charge in [-0.3, -0.25) is 0 Å². The number of carbonyl (C=O) groups excluding carboxylic acids is 1. The maximum atomic E-state index is 12.9. The summed E-state index contributed by atoms with van der Waals surface area (Å²) in [4.78, 5) is 11.5. The summed E-state index contributed by atoms with van der Waals surface area (Å²) in [5.74, 6) is -0.166. The highest BCUT2D eigenvalue weighted by Crippen LogP contribution is 2.23. The normalized spacial score (nSPS) is 11.0. The first kappa shape index (κ1) is 14.5. The van der Waals surface area contributed by atoms with Crippen LogP contribution >= 0.6 is 0 Å². The topological polar surface area (TPSA) is 63.2 Å². The standard InChI is InChI=1S/C16H12FNO3/c1-2-20-16(19)12(10-18)9-14-7-8-15(21-14)11-3-5-13(17)6-4-11/h3-9H,2H2,1H3/b12-9-. The zero-order chi connectivity index (χ0) is 15.2. The Morgan fingerprint density at radius 2 is 2.05 bits per heavy atom. The fourth-order valence-electron chi connectivity index (χ4n) is 1.69. The van der Waals surface area contributed by atoms with Crippen LogP contribution in [-0.2, 0) is 9.53 Å². The van der Waals surface area contributed by atoms with Crippen LogP contribution in [0.15, 0.2) is 46.4 Å². The van der Waals surface area contributed by atoms with E-state index in [0.29, 0.717) is 17.1 Å². The molecule has 0 unspecified atom stereocenters. The summed E-state index contributed by atoms with van der Waals surface area (Å²) in [5.41, 5.74) is 0.558. The second-order valence-electron chi connectivity index (χ2n) is 4.10. The molecule has 0 saturated carbocycles. The highest BCUT2D eigenvalue weighted by atomic mass is 19.1. The van der Waals surface area contributed by atoms with Crippen LogP contribution in [-0.4, -0.2) is 12.6 Å². The number of nitriles is 1. The molecule has 106 valence electrons. The summed E-state index contributed by atoms with van der Waals surface area (Å²) < 4.78 is 23.1. The number of hydrogen-bond donors (Lipinski definition) is 0. The van der Waals surface area contributed by atoms with E-state index in [4.69, 9.17) is 14.4 Å². The molecule has 0 N–H and O–H groups in total. The third kappa shape index (κ3) is 3.57. The summed E-state index contributed by atoms with van der Waals surface area (Å²) in [5, 5.41) is 8.94. The molecule has 0 bridgehead atoms. The maximum absolute atomic E-state index is 12.9. The van der Waals surface area contributed by atoms with E-state index in [1.165, 1.54) is 18.2 Å². The summed E-state index contributed by atoms with van der Waals surface area (Å²) >= 11 is 0. The van der Waals surface area contributed by atoms with E-state index in [1.807, 2.05) is 0 Å². The highest BCUT2D eigenvalue weighted by Gasteiger charge is 2.11. The molecule has 2 rings (SSSR count). The van der Waals surface area contributed by atoms with Crippen molar-refractivity contribution in [1.29, 1.82) is 5.26 Å². The van der Waals surface area contributed by atoms with Crippen molar-refractivity contribution in [3.05, 3.63) is 53.5 Å². The van der Waals surface area contributed by atoms with Crippen LogP contribution in [0.25, 0.3) is 17.4 Å². The maximum Gasteiger partial charge on any atom is 0.349 e. The smallest absolute Gasteiger partial charge is 0.349 e. The Balaban J connectivity index is 2.25. The van der Waals surface area contributed by atoms with Gasteiger partial charge in [0.1, 0.15) is 29.0 Å². The van der Waals surface area contributed by atoms with Gasteiger partial charge in [-0.15, -0.1) is 0 Å². The SMILES string of the molecule is CCOC(=O)/C(C#N)=C\c1ccc(-c2ccc(F)cc2)o1. The molecule has 4 nitrogen and oxygen atoms in total. The number of rotatable bonds is 4. The predicted molar refractivity (Wildman–Crippen MR) is 74.3 cm³/mol. The molecular weight excluding hydrogens is 273 g/mol. The summed E-state index contributed by atoms with van der Waals surface area (Å²) in [6.45, 7) is 1.85. The first-order valence-electron chi connectivity index (χ1n) is 6.28. The summed E-state index contributed by atoms with van der Waals surface area (Å²) in [6, 6.07) is 10.9. The minimum atomic E-state index is -0.695. The van der Waals surface area contributed by atoms with Crippen molar-refractivity contribution in [3.63, 3.8) is 0 Å². The van der Waals surface area contributed by atoms with Gasteiger partial charge in [0.25, 0.3) is 0 Å². The minimum Gasteiger partial charge on any atom is -0.462 e. The van der Waals surface area contributed by atoms with E-state index in [0.717, 1.165) is 0 Å². The molecule has 21 heavy (non-hydrogen) atoms. The Labute approximate surface area is 121 Å². The van der Waals surface area contributed by atoms with Crippen LogP contribution in [0.3, 0.4) is 0 Å². The van der Waals surface area contributed by atoms with E-state index in [1.54, 1.807) is 37.3 Å². The van der Waals surface area contributed by atoms with Crippen molar-refractivity contribution in [2.45, 2.75) is 6.92 Å². The summed E-state index contributed by atoms with van der Waals surface area (Å²) in [7, 11) is 0. The molecule has 0 saturated heterocycles. The van der Waals surface area contributed by atoms with E-state index in [-0.39, 0.29) is 18.0 Å². The molecule has 0 radical (unpaired) electrons. The van der Waals surface area contributed by atoms with Gasteiger partial charge in [0.2, 0.25) is 0 Å². The second-order valence-corrected chi connectivity index (χ2v) is 4.10. The minimum absolute atomic E-state index is 0.142. The van der Waals surface area contributed by atoms with Crippen molar-refractivity contribution in [2.24, 2.45) is 0 Å². The number of furan rings is 1. The van der Waals surface area contributed by atoms with Crippen LogP contribution in [0.5, 0.6) is 0 Å². The molecule has 5 heteroatoms. The van der Waals surface area contributed by atoms with Gasteiger partial charge in [0.15, 0.2) is 0 Å². The van der Waals surface area contributed by atoms with E-state index in [9.17, 15) is 9.18 Å².